The van der Waals surface area contributed by atoms with Crippen LogP contribution in [-0.2, 0) is 0 Å². The number of rotatable bonds is 2. The summed E-state index contributed by atoms with van der Waals surface area (Å²) in [7, 11) is 1.58. The minimum absolute atomic E-state index is 0.164. The number of hydrogen-bond acceptors (Lipinski definition) is 2. The van der Waals surface area contributed by atoms with Gasteiger partial charge >= 0.3 is 0 Å². The second-order valence-corrected chi connectivity index (χ2v) is 6.04. The fourth-order valence-corrected chi connectivity index (χ4v) is 5.16. The van der Waals surface area contributed by atoms with Crippen LogP contribution < -0.4 is 5.32 Å². The molecule has 6 heteroatoms. The quantitative estimate of drug-likeness (QED) is 0.463. The molecule has 0 fully saturated rings. The van der Waals surface area contributed by atoms with Crippen LogP contribution in [0.2, 0.25) is 0 Å². The molecule has 0 aromatic heterocycles. The molecule has 3 nitrogen and oxygen atoms in total. The number of carbonyl (C=O) groups is 2. The molecule has 1 aromatic carbocycles. The Bertz CT molecular complexity index is 432. The SMILES string of the molecule is CNC(=O)c1c(I)cc(I)c(C=O)c1I. The van der Waals surface area contributed by atoms with E-state index < -0.39 is 0 Å². The minimum atomic E-state index is -0.164. The van der Waals surface area contributed by atoms with Gasteiger partial charge in [0.15, 0.2) is 6.29 Å². The molecule has 80 valence electrons. The lowest BCUT2D eigenvalue weighted by Gasteiger charge is -2.09. The van der Waals surface area contributed by atoms with Crippen LogP contribution in [0, 0.1) is 10.7 Å². The van der Waals surface area contributed by atoms with Crippen LogP contribution in [0.3, 0.4) is 0 Å². The first-order valence-electron chi connectivity index (χ1n) is 3.87. The number of hydrogen-bond donors (Lipinski definition) is 1. The Labute approximate surface area is 128 Å². The maximum atomic E-state index is 11.6. The van der Waals surface area contributed by atoms with Crippen LogP contribution >= 0.6 is 67.8 Å². The molecule has 0 saturated heterocycles. The summed E-state index contributed by atoms with van der Waals surface area (Å²) in [5, 5.41) is 2.57. The highest BCUT2D eigenvalue weighted by Gasteiger charge is 2.18. The molecule has 0 unspecified atom stereocenters. The highest BCUT2D eigenvalue weighted by Crippen LogP contribution is 2.26. The Kier molecular flexibility index (Phi) is 5.22. The monoisotopic (exact) mass is 541 g/mol. The Morgan fingerprint density at radius 3 is 2.40 bits per heavy atom. The van der Waals surface area contributed by atoms with Gasteiger partial charge in [0.1, 0.15) is 0 Å². The fourth-order valence-electron chi connectivity index (χ4n) is 1.05. The molecule has 0 atom stereocenters. The molecular formula is C9H6I3NO2. The first-order valence-corrected chi connectivity index (χ1v) is 7.11. The molecule has 1 N–H and O–H groups in total. The third kappa shape index (κ3) is 2.81. The van der Waals surface area contributed by atoms with Gasteiger partial charge in [-0.05, 0) is 73.8 Å². The van der Waals surface area contributed by atoms with Crippen molar-refractivity contribution in [2.24, 2.45) is 0 Å². The third-order valence-electron chi connectivity index (χ3n) is 1.78. The second kappa shape index (κ2) is 5.75. The van der Waals surface area contributed by atoms with Gasteiger partial charge in [-0.3, -0.25) is 9.59 Å². The summed E-state index contributed by atoms with van der Waals surface area (Å²) in [6.45, 7) is 0. The standard InChI is InChI=1S/C9H6I3NO2/c1-13-9(15)7-6(11)2-5(10)4(3-14)8(7)12/h2-3H,1H3,(H,13,15). The van der Waals surface area contributed by atoms with Crippen LogP contribution in [0.1, 0.15) is 20.7 Å². The molecule has 0 heterocycles. The summed E-state index contributed by atoms with van der Waals surface area (Å²) in [4.78, 5) is 22.5. The number of carbonyl (C=O) groups excluding carboxylic acids is 2. The minimum Gasteiger partial charge on any atom is -0.355 e. The lowest BCUT2D eigenvalue weighted by Crippen LogP contribution is -2.21. The number of nitrogens with one attached hydrogen (secondary N) is 1. The summed E-state index contributed by atoms with van der Waals surface area (Å²) in [6, 6.07) is 1.83. The molecule has 0 aliphatic rings. The second-order valence-electron chi connectivity index (χ2n) is 2.64. The average molecular weight is 541 g/mol. The van der Waals surface area contributed by atoms with Crippen molar-refractivity contribution in [2.75, 3.05) is 7.05 Å². The van der Waals surface area contributed by atoms with Crippen molar-refractivity contribution in [1.29, 1.82) is 0 Å². The Morgan fingerprint density at radius 2 is 1.93 bits per heavy atom. The fraction of sp³-hybridized carbons (Fsp3) is 0.111. The Hall–Kier alpha value is 0.550. The maximum Gasteiger partial charge on any atom is 0.253 e. The first-order chi connectivity index (χ1) is 7.02. The van der Waals surface area contributed by atoms with Gasteiger partial charge in [-0.1, -0.05) is 0 Å². The van der Waals surface area contributed by atoms with Crippen molar-refractivity contribution >= 4 is 80.0 Å². The van der Waals surface area contributed by atoms with Gasteiger partial charge in [0, 0.05) is 23.3 Å². The lowest BCUT2D eigenvalue weighted by atomic mass is 10.1. The van der Waals surface area contributed by atoms with Crippen molar-refractivity contribution in [2.45, 2.75) is 0 Å². The molecule has 1 amide bonds. The van der Waals surface area contributed by atoms with Gasteiger partial charge < -0.3 is 5.32 Å². The third-order valence-corrected chi connectivity index (χ3v) is 4.64. The number of benzene rings is 1. The molecule has 0 radical (unpaired) electrons. The van der Waals surface area contributed by atoms with Crippen molar-refractivity contribution in [3.63, 3.8) is 0 Å². The van der Waals surface area contributed by atoms with Crippen molar-refractivity contribution in [1.82, 2.24) is 5.32 Å². The molecule has 0 aliphatic heterocycles. The van der Waals surface area contributed by atoms with Gasteiger partial charge in [0.2, 0.25) is 0 Å². The number of halogens is 3. The molecule has 0 bridgehead atoms. The average Bonchev–Trinajstić information content (AvgIpc) is 2.17. The van der Waals surface area contributed by atoms with Gasteiger partial charge in [0.05, 0.1) is 5.56 Å². The van der Waals surface area contributed by atoms with E-state index in [1.165, 1.54) is 0 Å². The molecule has 1 aromatic rings. The largest absolute Gasteiger partial charge is 0.355 e. The molecule has 0 aliphatic carbocycles. The van der Waals surface area contributed by atoms with Crippen LogP contribution in [0.4, 0.5) is 0 Å². The van der Waals surface area contributed by atoms with Crippen molar-refractivity contribution < 1.29 is 9.59 Å². The van der Waals surface area contributed by atoms with E-state index in [1.807, 2.05) is 28.7 Å². The van der Waals surface area contributed by atoms with Gasteiger partial charge in [-0.25, -0.2) is 0 Å². The number of amides is 1. The highest BCUT2D eigenvalue weighted by molar-refractivity contribution is 14.1. The zero-order chi connectivity index (χ0) is 11.6. The lowest BCUT2D eigenvalue weighted by molar-refractivity contribution is 0.0961. The number of aldehydes is 1. The Balaban J connectivity index is 3.52. The molecule has 0 spiro atoms. The van der Waals surface area contributed by atoms with E-state index in [0.717, 1.165) is 13.4 Å². The van der Waals surface area contributed by atoms with Gasteiger partial charge in [0.25, 0.3) is 5.91 Å². The normalized spacial score (nSPS) is 9.87. The zero-order valence-corrected chi connectivity index (χ0v) is 14.1. The summed E-state index contributed by atoms with van der Waals surface area (Å²) in [5.74, 6) is -0.164. The van der Waals surface area contributed by atoms with Gasteiger partial charge in [-0.15, -0.1) is 0 Å². The van der Waals surface area contributed by atoms with E-state index in [2.05, 4.69) is 50.5 Å². The van der Waals surface area contributed by atoms with Crippen LogP contribution in [0.25, 0.3) is 0 Å². The topological polar surface area (TPSA) is 46.2 Å². The van der Waals surface area contributed by atoms with E-state index in [0.29, 0.717) is 14.7 Å². The van der Waals surface area contributed by atoms with E-state index in [4.69, 9.17) is 0 Å². The predicted molar refractivity (Wildman–Crippen MR) is 83.4 cm³/mol. The Morgan fingerprint density at radius 1 is 1.33 bits per heavy atom. The molecule has 1 rings (SSSR count). The smallest absolute Gasteiger partial charge is 0.253 e. The van der Waals surface area contributed by atoms with Gasteiger partial charge in [-0.2, -0.15) is 0 Å². The predicted octanol–water partition coefficient (Wildman–Crippen LogP) is 2.67. The van der Waals surface area contributed by atoms with Crippen molar-refractivity contribution in [3.05, 3.63) is 27.9 Å². The van der Waals surface area contributed by atoms with E-state index in [-0.39, 0.29) is 5.91 Å². The zero-order valence-electron chi connectivity index (χ0n) is 7.61. The van der Waals surface area contributed by atoms with E-state index in [9.17, 15) is 9.59 Å². The molecule has 0 saturated carbocycles. The maximum absolute atomic E-state index is 11.6. The van der Waals surface area contributed by atoms with Crippen LogP contribution in [0.5, 0.6) is 0 Å². The molecular weight excluding hydrogens is 535 g/mol. The summed E-state index contributed by atoms with van der Waals surface area (Å²) >= 11 is 6.22. The summed E-state index contributed by atoms with van der Waals surface area (Å²) < 4.78 is 2.42. The van der Waals surface area contributed by atoms with Crippen LogP contribution in [-0.4, -0.2) is 19.2 Å². The van der Waals surface area contributed by atoms with Crippen LogP contribution in [0.15, 0.2) is 6.07 Å². The van der Waals surface area contributed by atoms with E-state index in [1.54, 1.807) is 7.05 Å². The summed E-state index contributed by atoms with van der Waals surface area (Å²) in [5.41, 5.74) is 1.15. The molecule has 15 heavy (non-hydrogen) atoms. The summed E-state index contributed by atoms with van der Waals surface area (Å²) in [6.07, 6.45) is 0.784. The highest BCUT2D eigenvalue weighted by atomic mass is 127. The van der Waals surface area contributed by atoms with Crippen molar-refractivity contribution in [3.8, 4) is 0 Å². The first kappa shape index (κ1) is 13.6. The van der Waals surface area contributed by atoms with E-state index >= 15 is 0 Å².